The van der Waals surface area contributed by atoms with Gasteiger partial charge in [-0.15, -0.1) is 0 Å². The Bertz CT molecular complexity index is 1230. The number of hydrazine groups is 1. The Balaban J connectivity index is 1.65. The molecule has 0 radical (unpaired) electrons. The third-order valence-electron chi connectivity index (χ3n) is 5.16. The normalized spacial score (nSPS) is 11.0. The van der Waals surface area contributed by atoms with Gasteiger partial charge < -0.3 is 0 Å². The predicted molar refractivity (Wildman–Crippen MR) is 132 cm³/mol. The Morgan fingerprint density at radius 2 is 1.31 bits per heavy atom. The summed E-state index contributed by atoms with van der Waals surface area (Å²) in [5.41, 5.74) is 11.4. The van der Waals surface area contributed by atoms with Crippen LogP contribution in [-0.2, 0) is 0 Å². The van der Waals surface area contributed by atoms with Crippen molar-refractivity contribution in [1.82, 2.24) is 4.98 Å². The molecule has 0 fully saturated rings. The summed E-state index contributed by atoms with van der Waals surface area (Å²) in [4.78, 5) is 4.02. The number of rotatable bonds is 6. The van der Waals surface area contributed by atoms with Crippen molar-refractivity contribution in [1.29, 1.82) is 5.26 Å². The summed E-state index contributed by atoms with van der Waals surface area (Å²) in [6.45, 7) is 4.16. The number of hydrogen-bond acceptors (Lipinski definition) is 4. The SMILES string of the molecule is Cc1ccc(NN(c2ccc(C)cc2)c2ccc(/C=C(\C#N)c3ccncc3)cc2)cc1. The van der Waals surface area contributed by atoms with Crippen molar-refractivity contribution in [2.75, 3.05) is 10.4 Å². The molecule has 32 heavy (non-hydrogen) atoms. The number of allylic oxidation sites excluding steroid dienone is 1. The zero-order valence-corrected chi connectivity index (χ0v) is 18.2. The lowest BCUT2D eigenvalue weighted by atomic mass is 10.0. The van der Waals surface area contributed by atoms with E-state index in [2.05, 4.69) is 96.0 Å². The molecule has 0 unspecified atom stereocenters. The van der Waals surface area contributed by atoms with Crippen LogP contribution in [0.3, 0.4) is 0 Å². The number of aromatic nitrogens is 1. The van der Waals surface area contributed by atoms with Crippen LogP contribution in [0.15, 0.2) is 97.3 Å². The molecular weight excluding hydrogens is 392 g/mol. The van der Waals surface area contributed by atoms with Crippen LogP contribution in [0.1, 0.15) is 22.3 Å². The molecule has 0 amide bonds. The third-order valence-corrected chi connectivity index (χ3v) is 5.16. The van der Waals surface area contributed by atoms with E-state index in [1.165, 1.54) is 11.1 Å². The molecule has 1 aromatic heterocycles. The molecule has 3 aromatic carbocycles. The summed E-state index contributed by atoms with van der Waals surface area (Å²) in [5.74, 6) is 0. The number of benzene rings is 3. The smallest absolute Gasteiger partial charge is 0.0998 e. The Hall–Kier alpha value is -4.36. The zero-order chi connectivity index (χ0) is 22.3. The van der Waals surface area contributed by atoms with Gasteiger partial charge in [-0.2, -0.15) is 5.26 Å². The van der Waals surface area contributed by atoms with Crippen molar-refractivity contribution in [3.8, 4) is 6.07 Å². The van der Waals surface area contributed by atoms with Gasteiger partial charge in [-0.1, -0.05) is 47.5 Å². The van der Waals surface area contributed by atoms with Gasteiger partial charge in [0.25, 0.3) is 0 Å². The van der Waals surface area contributed by atoms with E-state index in [4.69, 9.17) is 0 Å². The van der Waals surface area contributed by atoms with E-state index in [1.807, 2.05) is 30.3 Å². The van der Waals surface area contributed by atoms with Crippen LogP contribution in [0, 0.1) is 25.2 Å². The fraction of sp³-hybridized carbons (Fsp3) is 0.0714. The number of nitriles is 1. The fourth-order valence-electron chi connectivity index (χ4n) is 3.33. The van der Waals surface area contributed by atoms with E-state index in [9.17, 15) is 5.26 Å². The average molecular weight is 417 g/mol. The molecule has 0 aliphatic heterocycles. The summed E-state index contributed by atoms with van der Waals surface area (Å²) in [6.07, 6.45) is 5.28. The number of anilines is 3. The summed E-state index contributed by atoms with van der Waals surface area (Å²) in [5, 5.41) is 11.6. The topological polar surface area (TPSA) is 52.0 Å². The third kappa shape index (κ3) is 5.03. The Kier molecular flexibility index (Phi) is 6.29. The second kappa shape index (κ2) is 9.63. The van der Waals surface area contributed by atoms with E-state index in [-0.39, 0.29) is 0 Å². The highest BCUT2D eigenvalue weighted by molar-refractivity contribution is 5.89. The number of aryl methyl sites for hydroxylation is 2. The van der Waals surface area contributed by atoms with Crippen molar-refractivity contribution < 1.29 is 0 Å². The van der Waals surface area contributed by atoms with Crippen molar-refractivity contribution in [3.05, 3.63) is 120 Å². The molecule has 0 aliphatic rings. The molecule has 0 spiro atoms. The van der Waals surface area contributed by atoms with E-state index in [0.29, 0.717) is 5.57 Å². The minimum atomic E-state index is 0.605. The number of pyridine rings is 1. The fourth-order valence-corrected chi connectivity index (χ4v) is 3.33. The van der Waals surface area contributed by atoms with Gasteiger partial charge in [-0.25, -0.2) is 0 Å². The molecule has 0 aliphatic carbocycles. The van der Waals surface area contributed by atoms with Crippen LogP contribution in [0.5, 0.6) is 0 Å². The van der Waals surface area contributed by atoms with Crippen LogP contribution in [-0.4, -0.2) is 4.98 Å². The van der Waals surface area contributed by atoms with Crippen molar-refractivity contribution in [3.63, 3.8) is 0 Å². The van der Waals surface area contributed by atoms with E-state index in [1.54, 1.807) is 12.4 Å². The summed E-state index contributed by atoms with van der Waals surface area (Å²) in [6, 6.07) is 30.8. The first-order valence-electron chi connectivity index (χ1n) is 10.4. The van der Waals surface area contributed by atoms with E-state index < -0.39 is 0 Å². The lowest BCUT2D eigenvalue weighted by Gasteiger charge is -2.27. The highest BCUT2D eigenvalue weighted by atomic mass is 15.5. The maximum Gasteiger partial charge on any atom is 0.0998 e. The zero-order valence-electron chi connectivity index (χ0n) is 18.2. The van der Waals surface area contributed by atoms with Gasteiger partial charge in [-0.05, 0) is 79.6 Å². The Labute approximate surface area is 189 Å². The van der Waals surface area contributed by atoms with Crippen LogP contribution in [0.2, 0.25) is 0 Å². The molecule has 0 saturated heterocycles. The summed E-state index contributed by atoms with van der Waals surface area (Å²) >= 11 is 0. The standard InChI is InChI=1S/C28H24N4/c1-21-3-9-26(10-4-21)31-32(27-11-5-22(2)6-12-27)28-13-7-23(8-14-28)19-25(20-29)24-15-17-30-18-16-24/h3-19,31H,1-2H3/b25-19+. The van der Waals surface area contributed by atoms with Gasteiger partial charge in [-0.3, -0.25) is 15.4 Å². The first-order chi connectivity index (χ1) is 15.6. The van der Waals surface area contributed by atoms with E-state index >= 15 is 0 Å². The van der Waals surface area contributed by atoms with Gasteiger partial charge >= 0.3 is 0 Å². The highest BCUT2D eigenvalue weighted by Gasteiger charge is 2.10. The summed E-state index contributed by atoms with van der Waals surface area (Å²) < 4.78 is 0. The predicted octanol–water partition coefficient (Wildman–Crippen LogP) is 6.93. The first-order valence-corrected chi connectivity index (χ1v) is 10.4. The van der Waals surface area contributed by atoms with Gasteiger partial charge in [0.15, 0.2) is 0 Å². The molecule has 156 valence electrons. The van der Waals surface area contributed by atoms with Crippen LogP contribution in [0.4, 0.5) is 17.1 Å². The monoisotopic (exact) mass is 416 g/mol. The van der Waals surface area contributed by atoms with Gasteiger partial charge in [0.05, 0.1) is 28.7 Å². The minimum Gasteiger partial charge on any atom is -0.294 e. The molecule has 0 atom stereocenters. The van der Waals surface area contributed by atoms with E-state index in [0.717, 1.165) is 28.2 Å². The molecule has 0 saturated carbocycles. The second-order valence-electron chi connectivity index (χ2n) is 7.65. The van der Waals surface area contributed by atoms with Crippen LogP contribution < -0.4 is 10.4 Å². The van der Waals surface area contributed by atoms with Crippen molar-refractivity contribution >= 4 is 28.7 Å². The van der Waals surface area contributed by atoms with Crippen molar-refractivity contribution in [2.24, 2.45) is 0 Å². The molecule has 4 nitrogen and oxygen atoms in total. The first kappa shape index (κ1) is 20.9. The van der Waals surface area contributed by atoms with Crippen LogP contribution >= 0.6 is 0 Å². The molecule has 4 aromatic rings. The Morgan fingerprint density at radius 3 is 1.88 bits per heavy atom. The number of nitrogens with zero attached hydrogens (tertiary/aromatic N) is 3. The highest BCUT2D eigenvalue weighted by Crippen LogP contribution is 2.28. The molecule has 4 heteroatoms. The maximum absolute atomic E-state index is 9.58. The molecular formula is C28H24N4. The van der Waals surface area contributed by atoms with Gasteiger partial charge in [0.1, 0.15) is 0 Å². The lowest BCUT2D eigenvalue weighted by Crippen LogP contribution is -2.24. The lowest BCUT2D eigenvalue weighted by molar-refractivity contribution is 1.16. The summed E-state index contributed by atoms with van der Waals surface area (Å²) in [7, 11) is 0. The molecule has 0 bridgehead atoms. The number of nitrogens with one attached hydrogen (secondary N) is 1. The average Bonchev–Trinajstić information content (AvgIpc) is 2.84. The number of hydrogen-bond donors (Lipinski definition) is 1. The molecule has 1 N–H and O–H groups in total. The van der Waals surface area contributed by atoms with Gasteiger partial charge in [0, 0.05) is 12.4 Å². The minimum absolute atomic E-state index is 0.605. The molecule has 4 rings (SSSR count). The molecule has 1 heterocycles. The maximum atomic E-state index is 9.58. The second-order valence-corrected chi connectivity index (χ2v) is 7.65. The van der Waals surface area contributed by atoms with Crippen molar-refractivity contribution in [2.45, 2.75) is 13.8 Å². The Morgan fingerprint density at radius 1 is 0.781 bits per heavy atom. The van der Waals surface area contributed by atoms with Crippen LogP contribution in [0.25, 0.3) is 11.6 Å². The largest absolute Gasteiger partial charge is 0.294 e. The quantitative estimate of drug-likeness (QED) is 0.273. The van der Waals surface area contributed by atoms with Gasteiger partial charge in [0.2, 0.25) is 0 Å².